The summed E-state index contributed by atoms with van der Waals surface area (Å²) in [6, 6.07) is 6.44. The third-order valence-electron chi connectivity index (χ3n) is 6.65. The Morgan fingerprint density at radius 1 is 1.11 bits per heavy atom. The Kier molecular flexibility index (Phi) is 8.30. The zero-order valence-corrected chi connectivity index (χ0v) is 21.2. The molecule has 35 heavy (non-hydrogen) atoms. The number of rotatable bonds is 10. The van der Waals surface area contributed by atoms with Gasteiger partial charge in [0.05, 0.1) is 31.1 Å². The Morgan fingerprint density at radius 3 is 2.57 bits per heavy atom. The molecule has 0 amide bonds. The molecule has 1 N–H and O–H groups in total. The fraction of sp³-hybridized carbons (Fsp3) is 0.538. The monoisotopic (exact) mass is 480 g/mol. The van der Waals surface area contributed by atoms with Crippen LogP contribution in [0, 0.1) is 0 Å². The molecule has 0 unspecified atom stereocenters. The molecule has 3 heterocycles. The van der Waals surface area contributed by atoms with Crippen LogP contribution in [0.25, 0.3) is 22.3 Å². The largest absolute Gasteiger partial charge is 0.481 e. The van der Waals surface area contributed by atoms with Gasteiger partial charge in [-0.2, -0.15) is 0 Å². The zero-order valence-electron chi connectivity index (χ0n) is 21.2. The van der Waals surface area contributed by atoms with E-state index in [1.807, 2.05) is 12.1 Å². The lowest BCUT2D eigenvalue weighted by atomic mass is 9.90. The van der Waals surface area contributed by atoms with Crippen molar-refractivity contribution in [1.82, 2.24) is 24.4 Å². The van der Waals surface area contributed by atoms with Crippen molar-refractivity contribution < 1.29 is 9.47 Å². The lowest BCUT2D eigenvalue weighted by Crippen LogP contribution is -2.38. The van der Waals surface area contributed by atoms with Gasteiger partial charge in [-0.1, -0.05) is 6.92 Å². The van der Waals surface area contributed by atoms with E-state index in [4.69, 9.17) is 14.5 Å². The Hall–Kier alpha value is -3.04. The summed E-state index contributed by atoms with van der Waals surface area (Å²) >= 11 is 0. The second-order valence-electron chi connectivity index (χ2n) is 9.29. The van der Waals surface area contributed by atoms with E-state index in [-0.39, 0.29) is 11.6 Å². The van der Waals surface area contributed by atoms with Gasteiger partial charge < -0.3 is 24.3 Å². The molecule has 3 aromatic heterocycles. The molecule has 0 saturated heterocycles. The van der Waals surface area contributed by atoms with Crippen LogP contribution in [0.2, 0.25) is 0 Å². The molecule has 1 aliphatic rings. The molecular weight excluding hydrogens is 444 g/mol. The van der Waals surface area contributed by atoms with E-state index in [2.05, 4.69) is 41.2 Å². The van der Waals surface area contributed by atoms with Crippen LogP contribution in [0.1, 0.15) is 39.0 Å². The van der Waals surface area contributed by atoms with Crippen LogP contribution in [-0.4, -0.2) is 70.9 Å². The maximum Gasteiger partial charge on any atom is 0.293 e. The van der Waals surface area contributed by atoms with Crippen molar-refractivity contribution in [1.29, 1.82) is 0 Å². The molecule has 0 bridgehead atoms. The number of nitrogens with one attached hydrogen (secondary N) is 1. The van der Waals surface area contributed by atoms with Crippen LogP contribution in [0.4, 0.5) is 5.82 Å². The van der Waals surface area contributed by atoms with Crippen molar-refractivity contribution in [2.45, 2.75) is 57.7 Å². The summed E-state index contributed by atoms with van der Waals surface area (Å²) in [6.45, 7) is 3.65. The standard InChI is InChI=1S/C26H36N6O3/c1-5-13-35-14-12-32-23-15-21(18-6-11-24(34-4)28-16-18)27-17-22(23)30-25(26(32)33)29-19-7-9-20(10-8-19)31(2)3/h6,11,15-17,19-20H,5,7-10,12-14H2,1-4H3,(H,29,30). The quantitative estimate of drug-likeness (QED) is 0.440. The summed E-state index contributed by atoms with van der Waals surface area (Å²) in [6.07, 6.45) is 8.63. The molecule has 9 nitrogen and oxygen atoms in total. The fourth-order valence-electron chi connectivity index (χ4n) is 4.60. The van der Waals surface area contributed by atoms with E-state index < -0.39 is 0 Å². The second-order valence-corrected chi connectivity index (χ2v) is 9.29. The number of nitrogens with zero attached hydrogens (tertiary/aromatic N) is 5. The minimum absolute atomic E-state index is 0.127. The van der Waals surface area contributed by atoms with Crippen molar-refractivity contribution in [3.8, 4) is 17.1 Å². The molecule has 1 fully saturated rings. The molecule has 0 aromatic carbocycles. The third-order valence-corrected chi connectivity index (χ3v) is 6.65. The maximum absolute atomic E-state index is 13.5. The van der Waals surface area contributed by atoms with Gasteiger partial charge >= 0.3 is 0 Å². The van der Waals surface area contributed by atoms with Crippen molar-refractivity contribution in [2.24, 2.45) is 0 Å². The summed E-state index contributed by atoms with van der Waals surface area (Å²) in [5.74, 6) is 0.929. The Morgan fingerprint density at radius 2 is 1.91 bits per heavy atom. The van der Waals surface area contributed by atoms with Crippen LogP contribution in [0.5, 0.6) is 5.88 Å². The van der Waals surface area contributed by atoms with E-state index in [9.17, 15) is 4.79 Å². The Labute approximate surface area is 206 Å². The van der Waals surface area contributed by atoms with Gasteiger partial charge in [0.15, 0.2) is 5.82 Å². The van der Waals surface area contributed by atoms with Crippen LogP contribution in [0.15, 0.2) is 35.4 Å². The highest BCUT2D eigenvalue weighted by Crippen LogP contribution is 2.25. The molecule has 188 valence electrons. The van der Waals surface area contributed by atoms with Crippen molar-refractivity contribution in [3.63, 3.8) is 0 Å². The maximum atomic E-state index is 13.5. The summed E-state index contributed by atoms with van der Waals surface area (Å²) < 4.78 is 12.6. The molecule has 9 heteroatoms. The lowest BCUT2D eigenvalue weighted by molar-refractivity contribution is 0.127. The first kappa shape index (κ1) is 25.1. The van der Waals surface area contributed by atoms with E-state index >= 15 is 0 Å². The highest BCUT2D eigenvalue weighted by molar-refractivity contribution is 5.80. The first-order valence-corrected chi connectivity index (χ1v) is 12.4. The van der Waals surface area contributed by atoms with Crippen LogP contribution < -0.4 is 15.6 Å². The third kappa shape index (κ3) is 5.97. The number of ether oxygens (including phenoxy) is 2. The van der Waals surface area contributed by atoms with Gasteiger partial charge in [-0.25, -0.2) is 9.97 Å². The van der Waals surface area contributed by atoms with Crippen molar-refractivity contribution in [2.75, 3.05) is 39.7 Å². The number of anilines is 1. The van der Waals surface area contributed by atoms with Gasteiger partial charge in [0.1, 0.15) is 5.52 Å². The number of fused-ring (bicyclic) bond motifs is 1. The summed E-state index contributed by atoms with van der Waals surface area (Å²) in [5.41, 5.74) is 2.85. The SMILES string of the molecule is CCCOCCn1c(=O)c(NC2CCC(N(C)C)CC2)nc2cnc(-c3ccc(OC)nc3)cc21. The van der Waals surface area contributed by atoms with E-state index in [0.29, 0.717) is 43.0 Å². The number of hydrogen-bond donors (Lipinski definition) is 1. The summed E-state index contributed by atoms with van der Waals surface area (Å²) in [4.78, 5) is 29.4. The summed E-state index contributed by atoms with van der Waals surface area (Å²) in [5, 5.41) is 3.45. The van der Waals surface area contributed by atoms with Crippen molar-refractivity contribution >= 4 is 16.9 Å². The molecular formula is C26H36N6O3. The van der Waals surface area contributed by atoms with Gasteiger partial charge in [-0.3, -0.25) is 9.78 Å². The first-order valence-electron chi connectivity index (χ1n) is 12.4. The fourth-order valence-corrected chi connectivity index (χ4v) is 4.60. The topological polar surface area (TPSA) is 94.4 Å². The first-order chi connectivity index (χ1) is 17.0. The van der Waals surface area contributed by atoms with Crippen LogP contribution in [-0.2, 0) is 11.3 Å². The zero-order chi connectivity index (χ0) is 24.8. The van der Waals surface area contributed by atoms with Crippen LogP contribution >= 0.6 is 0 Å². The predicted molar refractivity (Wildman–Crippen MR) is 138 cm³/mol. The minimum Gasteiger partial charge on any atom is -0.481 e. The summed E-state index contributed by atoms with van der Waals surface area (Å²) in [7, 11) is 5.85. The molecule has 1 aliphatic carbocycles. The van der Waals surface area contributed by atoms with Gasteiger partial charge in [0.2, 0.25) is 5.88 Å². The van der Waals surface area contributed by atoms with Crippen LogP contribution in [0.3, 0.4) is 0 Å². The molecule has 0 spiro atoms. The molecule has 0 radical (unpaired) electrons. The molecule has 0 aliphatic heterocycles. The van der Waals surface area contributed by atoms with Gasteiger partial charge in [-0.05, 0) is 58.3 Å². The van der Waals surface area contributed by atoms with Gasteiger partial charge in [-0.15, -0.1) is 0 Å². The molecule has 3 aromatic rings. The molecule has 4 rings (SSSR count). The molecule has 0 atom stereocenters. The minimum atomic E-state index is -0.127. The highest BCUT2D eigenvalue weighted by Gasteiger charge is 2.24. The Bertz CT molecular complexity index is 1170. The van der Waals surface area contributed by atoms with E-state index in [1.165, 1.54) is 0 Å². The Balaban J connectivity index is 1.65. The average molecular weight is 481 g/mol. The molecule has 1 saturated carbocycles. The lowest BCUT2D eigenvalue weighted by Gasteiger charge is -2.33. The highest BCUT2D eigenvalue weighted by atomic mass is 16.5. The normalized spacial score (nSPS) is 18.2. The van der Waals surface area contributed by atoms with E-state index in [0.717, 1.165) is 48.9 Å². The van der Waals surface area contributed by atoms with E-state index in [1.54, 1.807) is 30.1 Å². The second kappa shape index (κ2) is 11.6. The van der Waals surface area contributed by atoms with Gasteiger partial charge in [0.25, 0.3) is 5.56 Å². The smallest absolute Gasteiger partial charge is 0.293 e. The number of aromatic nitrogens is 4. The number of pyridine rings is 2. The van der Waals surface area contributed by atoms with Crippen molar-refractivity contribution in [3.05, 3.63) is 40.9 Å². The number of methoxy groups -OCH3 is 1. The predicted octanol–water partition coefficient (Wildman–Crippen LogP) is 3.57. The average Bonchev–Trinajstić information content (AvgIpc) is 2.88. The van der Waals surface area contributed by atoms with Gasteiger partial charge in [0, 0.05) is 43.1 Å². The number of hydrogen-bond acceptors (Lipinski definition) is 8.